The van der Waals surface area contributed by atoms with Crippen LogP contribution in [0.15, 0.2) is 17.0 Å². The molecule has 1 fully saturated rings. The molecule has 2 unspecified atom stereocenters. The largest absolute Gasteiger partial charge is 0.447 e. The molecular weight excluding hydrogens is 196 g/mol. The van der Waals surface area contributed by atoms with Gasteiger partial charge in [0.2, 0.25) is 0 Å². The molecule has 0 saturated heterocycles. The molecule has 4 heteroatoms. The topological polar surface area (TPSA) is 38.1 Å². The van der Waals surface area contributed by atoms with Gasteiger partial charge in [-0.25, -0.2) is 4.98 Å². The van der Waals surface area contributed by atoms with E-state index in [1.54, 1.807) is 6.20 Å². The zero-order valence-electron chi connectivity index (χ0n) is 8.40. The Balaban J connectivity index is 1.72. The van der Waals surface area contributed by atoms with Crippen LogP contribution in [0.3, 0.4) is 0 Å². The maximum Gasteiger partial charge on any atom is 0.180 e. The summed E-state index contributed by atoms with van der Waals surface area (Å²) in [5.41, 5.74) is 0. The number of nitrogens with one attached hydrogen (secondary N) is 1. The Labute approximate surface area is 88.7 Å². The van der Waals surface area contributed by atoms with Gasteiger partial charge in [-0.2, -0.15) is 11.8 Å². The van der Waals surface area contributed by atoms with Crippen molar-refractivity contribution in [3.8, 4) is 0 Å². The highest BCUT2D eigenvalue weighted by molar-refractivity contribution is 7.99. The second-order valence-corrected chi connectivity index (χ2v) is 4.85. The van der Waals surface area contributed by atoms with E-state index in [1.165, 1.54) is 25.7 Å². The summed E-state index contributed by atoms with van der Waals surface area (Å²) in [7, 11) is 0. The molecule has 14 heavy (non-hydrogen) atoms. The van der Waals surface area contributed by atoms with Gasteiger partial charge >= 0.3 is 0 Å². The lowest BCUT2D eigenvalue weighted by molar-refractivity contribution is 0.444. The molecule has 0 aliphatic heterocycles. The molecule has 0 bridgehead atoms. The summed E-state index contributed by atoms with van der Waals surface area (Å²) in [6, 6.07) is 0.664. The lowest BCUT2D eigenvalue weighted by Gasteiger charge is -2.10. The lowest BCUT2D eigenvalue weighted by Crippen LogP contribution is -2.25. The van der Waals surface area contributed by atoms with Crippen LogP contribution in [0.5, 0.6) is 0 Å². The number of hydrogen-bond donors (Lipinski definition) is 1. The third kappa shape index (κ3) is 2.51. The molecule has 0 spiro atoms. The Morgan fingerprint density at radius 1 is 1.64 bits per heavy atom. The number of thioether (sulfide) groups is 1. The van der Waals surface area contributed by atoms with E-state index in [0.29, 0.717) is 6.04 Å². The Bertz CT molecular complexity index is 263. The zero-order valence-corrected chi connectivity index (χ0v) is 9.22. The normalized spacial score (nSPS) is 26.9. The summed E-state index contributed by atoms with van der Waals surface area (Å²) in [5.74, 6) is 0.928. The molecule has 1 aromatic heterocycles. The number of oxazole rings is 1. The van der Waals surface area contributed by atoms with Gasteiger partial charge in [0.15, 0.2) is 6.39 Å². The third-order valence-corrected chi connectivity index (χ3v) is 3.86. The lowest BCUT2D eigenvalue weighted by atomic mass is 10.2. The van der Waals surface area contributed by atoms with Crippen LogP contribution in [0.4, 0.5) is 0 Å². The van der Waals surface area contributed by atoms with E-state index in [-0.39, 0.29) is 0 Å². The van der Waals surface area contributed by atoms with Crippen LogP contribution in [-0.2, 0) is 6.54 Å². The highest BCUT2D eigenvalue weighted by Crippen LogP contribution is 2.28. The molecule has 0 radical (unpaired) electrons. The second-order valence-electron chi connectivity index (χ2n) is 3.72. The SMILES string of the molecule is CSC1CCC(NCc2cnco2)C1. The minimum absolute atomic E-state index is 0.664. The Hall–Kier alpha value is -0.480. The first-order chi connectivity index (χ1) is 6.88. The van der Waals surface area contributed by atoms with Crippen LogP contribution in [0.2, 0.25) is 0 Å². The molecule has 3 nitrogen and oxygen atoms in total. The van der Waals surface area contributed by atoms with Crippen LogP contribution in [0.25, 0.3) is 0 Å². The molecule has 1 heterocycles. The first kappa shape index (κ1) is 10.1. The van der Waals surface area contributed by atoms with Crippen molar-refractivity contribution < 1.29 is 4.42 Å². The summed E-state index contributed by atoms with van der Waals surface area (Å²) in [6.45, 7) is 0.811. The van der Waals surface area contributed by atoms with Crippen molar-refractivity contribution in [2.45, 2.75) is 37.1 Å². The van der Waals surface area contributed by atoms with Crippen molar-refractivity contribution in [2.75, 3.05) is 6.26 Å². The van der Waals surface area contributed by atoms with E-state index in [1.807, 2.05) is 11.8 Å². The molecule has 2 atom stereocenters. The van der Waals surface area contributed by atoms with Gasteiger partial charge in [0.1, 0.15) is 5.76 Å². The fraction of sp³-hybridized carbons (Fsp3) is 0.700. The van der Waals surface area contributed by atoms with Crippen molar-refractivity contribution in [1.82, 2.24) is 10.3 Å². The predicted octanol–water partition coefficient (Wildman–Crippen LogP) is 2.05. The van der Waals surface area contributed by atoms with Crippen molar-refractivity contribution in [3.63, 3.8) is 0 Å². The predicted molar refractivity (Wildman–Crippen MR) is 58.3 cm³/mol. The molecule has 1 aliphatic rings. The van der Waals surface area contributed by atoms with Gasteiger partial charge in [-0.3, -0.25) is 0 Å². The van der Waals surface area contributed by atoms with E-state index in [9.17, 15) is 0 Å². The van der Waals surface area contributed by atoms with Crippen LogP contribution >= 0.6 is 11.8 Å². The Kier molecular flexibility index (Phi) is 3.48. The van der Waals surface area contributed by atoms with Crippen LogP contribution in [0.1, 0.15) is 25.0 Å². The van der Waals surface area contributed by atoms with Crippen LogP contribution in [0, 0.1) is 0 Å². The second kappa shape index (κ2) is 4.84. The fourth-order valence-corrected chi connectivity index (χ4v) is 2.71. The standard InChI is InChI=1S/C10H16N2OS/c1-14-10-3-2-8(4-10)12-6-9-5-11-7-13-9/h5,7-8,10,12H,2-4,6H2,1H3. The van der Waals surface area contributed by atoms with E-state index >= 15 is 0 Å². The quantitative estimate of drug-likeness (QED) is 0.829. The fourth-order valence-electron chi connectivity index (χ4n) is 1.91. The summed E-state index contributed by atoms with van der Waals surface area (Å²) in [6.07, 6.45) is 9.37. The molecule has 1 N–H and O–H groups in total. The summed E-state index contributed by atoms with van der Waals surface area (Å²) in [4.78, 5) is 3.89. The van der Waals surface area contributed by atoms with Gasteiger partial charge in [0.05, 0.1) is 12.7 Å². The first-order valence-electron chi connectivity index (χ1n) is 5.02. The van der Waals surface area contributed by atoms with Crippen LogP contribution in [-0.4, -0.2) is 22.5 Å². The van der Waals surface area contributed by atoms with Crippen LogP contribution < -0.4 is 5.32 Å². The average Bonchev–Trinajstić information content (AvgIpc) is 2.86. The summed E-state index contributed by atoms with van der Waals surface area (Å²) < 4.78 is 5.17. The molecule has 0 aromatic carbocycles. The number of aromatic nitrogens is 1. The number of hydrogen-bond acceptors (Lipinski definition) is 4. The van der Waals surface area contributed by atoms with Crippen molar-refractivity contribution in [3.05, 3.63) is 18.4 Å². The maximum atomic E-state index is 5.17. The van der Waals surface area contributed by atoms with Gasteiger partial charge in [-0.05, 0) is 25.5 Å². The van der Waals surface area contributed by atoms with Gasteiger partial charge in [0, 0.05) is 11.3 Å². The summed E-state index contributed by atoms with van der Waals surface area (Å²) in [5, 5.41) is 4.35. The molecule has 1 saturated carbocycles. The minimum atomic E-state index is 0.664. The van der Waals surface area contributed by atoms with E-state index in [0.717, 1.165) is 17.6 Å². The average molecular weight is 212 g/mol. The molecule has 0 amide bonds. The van der Waals surface area contributed by atoms with Crippen molar-refractivity contribution in [1.29, 1.82) is 0 Å². The van der Waals surface area contributed by atoms with E-state index in [2.05, 4.69) is 16.6 Å². The third-order valence-electron chi connectivity index (χ3n) is 2.77. The van der Waals surface area contributed by atoms with E-state index in [4.69, 9.17) is 4.42 Å². The smallest absolute Gasteiger partial charge is 0.180 e. The minimum Gasteiger partial charge on any atom is -0.447 e. The van der Waals surface area contributed by atoms with Gasteiger partial charge in [0.25, 0.3) is 0 Å². The van der Waals surface area contributed by atoms with Crippen molar-refractivity contribution >= 4 is 11.8 Å². The monoisotopic (exact) mass is 212 g/mol. The molecule has 2 rings (SSSR count). The highest BCUT2D eigenvalue weighted by atomic mass is 32.2. The molecule has 1 aromatic rings. The van der Waals surface area contributed by atoms with Crippen molar-refractivity contribution in [2.24, 2.45) is 0 Å². The number of rotatable bonds is 4. The Morgan fingerprint density at radius 3 is 3.21 bits per heavy atom. The molecular formula is C10H16N2OS. The maximum absolute atomic E-state index is 5.17. The summed E-state index contributed by atoms with van der Waals surface area (Å²) >= 11 is 1.98. The molecule has 1 aliphatic carbocycles. The van der Waals surface area contributed by atoms with Gasteiger partial charge in [-0.15, -0.1) is 0 Å². The highest BCUT2D eigenvalue weighted by Gasteiger charge is 2.23. The van der Waals surface area contributed by atoms with E-state index < -0.39 is 0 Å². The number of nitrogens with zero attached hydrogens (tertiary/aromatic N) is 1. The first-order valence-corrected chi connectivity index (χ1v) is 6.31. The zero-order chi connectivity index (χ0) is 9.80. The Morgan fingerprint density at radius 2 is 2.57 bits per heavy atom. The van der Waals surface area contributed by atoms with Gasteiger partial charge < -0.3 is 9.73 Å². The molecule has 78 valence electrons. The van der Waals surface area contributed by atoms with Gasteiger partial charge in [-0.1, -0.05) is 0 Å².